The van der Waals surface area contributed by atoms with Crippen LogP contribution >= 0.6 is 0 Å². The van der Waals surface area contributed by atoms with Crippen LogP contribution in [0, 0.1) is 0 Å². The number of carboxylic acids is 1. The van der Waals surface area contributed by atoms with E-state index in [9.17, 15) is 26.4 Å². The van der Waals surface area contributed by atoms with Gasteiger partial charge in [0, 0.05) is 36.9 Å². The molecular formula is C35H40F3N5O7S. The highest BCUT2D eigenvalue weighted by Gasteiger charge is 2.38. The van der Waals surface area contributed by atoms with Gasteiger partial charge in [0.15, 0.2) is 11.5 Å². The molecule has 0 spiro atoms. The molecule has 2 heterocycles. The molecule has 1 atom stereocenters. The number of carbonyl (C=O) groups excluding carboxylic acids is 1. The molecular weight excluding hydrogens is 691 g/mol. The fourth-order valence-electron chi connectivity index (χ4n) is 5.34. The number of aromatic nitrogens is 1. The molecule has 0 radical (unpaired) electrons. The summed E-state index contributed by atoms with van der Waals surface area (Å²) in [6.07, 6.45) is -1.82. The van der Waals surface area contributed by atoms with E-state index in [1.54, 1.807) is 42.6 Å². The number of anilines is 2. The van der Waals surface area contributed by atoms with E-state index in [0.717, 1.165) is 23.6 Å². The normalized spacial score (nSPS) is 14.0. The lowest BCUT2D eigenvalue weighted by atomic mass is 10.0. The van der Waals surface area contributed by atoms with E-state index in [0.29, 0.717) is 53.8 Å². The van der Waals surface area contributed by atoms with E-state index in [1.165, 1.54) is 4.31 Å². The number of rotatable bonds is 12. The van der Waals surface area contributed by atoms with Gasteiger partial charge in [-0.25, -0.2) is 18.2 Å². The Labute approximate surface area is 293 Å². The van der Waals surface area contributed by atoms with Crippen LogP contribution in [0.3, 0.4) is 0 Å². The van der Waals surface area contributed by atoms with Crippen molar-refractivity contribution in [2.45, 2.75) is 63.4 Å². The van der Waals surface area contributed by atoms with Gasteiger partial charge in [0.2, 0.25) is 15.9 Å². The number of nitrogen functional groups attached to an aromatic ring is 1. The maximum atomic E-state index is 14.0. The van der Waals surface area contributed by atoms with Crippen molar-refractivity contribution in [3.8, 4) is 11.5 Å². The summed E-state index contributed by atoms with van der Waals surface area (Å²) in [5, 5.41) is 15.2. The first kappa shape index (κ1) is 38.7. The van der Waals surface area contributed by atoms with E-state index in [2.05, 4.69) is 15.6 Å². The zero-order valence-corrected chi connectivity index (χ0v) is 29.1. The highest BCUT2D eigenvalue weighted by molar-refractivity contribution is 7.89. The van der Waals surface area contributed by atoms with Gasteiger partial charge < -0.3 is 30.9 Å². The molecule has 5 N–H and O–H groups in total. The van der Waals surface area contributed by atoms with Crippen molar-refractivity contribution in [1.29, 1.82) is 0 Å². The average Bonchev–Trinajstić information content (AvgIpc) is 3.63. The number of alkyl halides is 3. The number of hydrogen-bond acceptors (Lipinski definition) is 9. The van der Waals surface area contributed by atoms with Gasteiger partial charge in [-0.15, -0.1) is 0 Å². The van der Waals surface area contributed by atoms with Crippen LogP contribution in [0.25, 0.3) is 10.8 Å². The molecule has 5 rings (SSSR count). The fraction of sp³-hybridized carbons (Fsp3) is 0.343. The molecule has 1 aliphatic heterocycles. The summed E-state index contributed by atoms with van der Waals surface area (Å²) in [5.74, 6) is -1.56. The largest absolute Gasteiger partial charge is 0.490 e. The summed E-state index contributed by atoms with van der Waals surface area (Å²) in [5.41, 5.74) is 7.92. The third-order valence-electron chi connectivity index (χ3n) is 7.68. The van der Waals surface area contributed by atoms with E-state index < -0.39 is 28.2 Å². The minimum atomic E-state index is -5.08. The number of carboxylic acid groups (broad SMARTS) is 1. The quantitative estimate of drug-likeness (QED) is 0.138. The van der Waals surface area contributed by atoms with Gasteiger partial charge in [0.05, 0.1) is 17.6 Å². The molecule has 16 heteroatoms. The number of ether oxygens (including phenoxy) is 2. The van der Waals surface area contributed by atoms with Crippen LogP contribution in [0.5, 0.6) is 11.5 Å². The first-order valence-electron chi connectivity index (χ1n) is 16.1. The van der Waals surface area contributed by atoms with Crippen LogP contribution in [0.1, 0.15) is 50.8 Å². The number of sulfonamides is 1. The standard InChI is InChI=1S/C33H39N5O5S.C2HF3O2/c1-4-42-29-20-24(11-14-28(29)43-22(2)3)31(37-26-12-13-27-23(19-26)15-16-35-32(27)34)33(39)36-21-25-9-5-6-10-30(25)44(40,41)38-17-7-8-18-38;3-2(4,5)1(6)7/h5-6,9-16,19-20,22,31,37H,4,7-8,17-18,21H2,1-3H3,(H2,34,35)(H,36,39);(H,6,7). The van der Waals surface area contributed by atoms with Gasteiger partial charge >= 0.3 is 12.1 Å². The summed E-state index contributed by atoms with van der Waals surface area (Å²) in [6.45, 7) is 7.22. The van der Waals surface area contributed by atoms with Crippen LogP contribution in [0.4, 0.5) is 24.7 Å². The number of nitrogens with one attached hydrogen (secondary N) is 2. The molecule has 1 aromatic heterocycles. The maximum Gasteiger partial charge on any atom is 0.490 e. The number of carbonyl (C=O) groups is 2. The Morgan fingerprint density at radius 1 is 1.02 bits per heavy atom. The van der Waals surface area contributed by atoms with Crippen molar-refractivity contribution < 1.29 is 45.8 Å². The number of fused-ring (bicyclic) bond motifs is 1. The van der Waals surface area contributed by atoms with E-state index in [-0.39, 0.29) is 23.5 Å². The number of aliphatic carboxylic acids is 1. The lowest BCUT2D eigenvalue weighted by Crippen LogP contribution is -2.34. The number of hydrogen-bond donors (Lipinski definition) is 4. The minimum Gasteiger partial charge on any atom is -0.490 e. The summed E-state index contributed by atoms with van der Waals surface area (Å²) >= 11 is 0. The molecule has 1 saturated heterocycles. The average molecular weight is 732 g/mol. The van der Waals surface area contributed by atoms with Gasteiger partial charge in [-0.1, -0.05) is 24.3 Å². The van der Waals surface area contributed by atoms with Gasteiger partial charge in [-0.3, -0.25) is 4.79 Å². The molecule has 0 bridgehead atoms. The maximum absolute atomic E-state index is 14.0. The Morgan fingerprint density at radius 3 is 2.35 bits per heavy atom. The zero-order valence-electron chi connectivity index (χ0n) is 28.2. The molecule has 3 aromatic carbocycles. The Hall–Kier alpha value is -5.09. The molecule has 1 amide bonds. The lowest BCUT2D eigenvalue weighted by Gasteiger charge is -2.23. The molecule has 0 aliphatic carbocycles. The Bertz CT molecular complexity index is 1950. The molecule has 1 unspecified atom stereocenters. The molecule has 12 nitrogen and oxygen atoms in total. The summed E-state index contributed by atoms with van der Waals surface area (Å²) < 4.78 is 71.9. The molecule has 4 aromatic rings. The Morgan fingerprint density at radius 2 is 1.71 bits per heavy atom. The number of pyridine rings is 1. The highest BCUT2D eigenvalue weighted by Crippen LogP contribution is 2.34. The first-order chi connectivity index (χ1) is 24.1. The van der Waals surface area contributed by atoms with Crippen molar-refractivity contribution in [2.24, 2.45) is 0 Å². The molecule has 0 saturated carbocycles. The fourth-order valence-corrected chi connectivity index (χ4v) is 7.07. The van der Waals surface area contributed by atoms with Crippen molar-refractivity contribution in [1.82, 2.24) is 14.6 Å². The Balaban J connectivity index is 0.000000755. The minimum absolute atomic E-state index is 0.0348. The predicted molar refractivity (Wildman–Crippen MR) is 186 cm³/mol. The SMILES string of the molecule is CCOc1cc(C(Nc2ccc3c(N)nccc3c2)C(=O)NCc2ccccc2S(=O)(=O)N2CCCC2)ccc1OC(C)C.O=C(O)C(F)(F)F. The first-order valence-corrected chi connectivity index (χ1v) is 17.6. The molecule has 51 heavy (non-hydrogen) atoms. The third kappa shape index (κ3) is 10.0. The van der Waals surface area contributed by atoms with E-state index in [4.69, 9.17) is 25.1 Å². The molecule has 274 valence electrons. The second kappa shape index (κ2) is 16.7. The number of nitrogens with zero attached hydrogens (tertiary/aromatic N) is 2. The van der Waals surface area contributed by atoms with Crippen molar-refractivity contribution in [3.05, 3.63) is 84.1 Å². The smallest absolute Gasteiger partial charge is 0.490 e. The van der Waals surface area contributed by atoms with Crippen LogP contribution in [0.2, 0.25) is 0 Å². The van der Waals surface area contributed by atoms with Crippen LogP contribution in [-0.2, 0) is 26.2 Å². The number of amides is 1. The number of benzene rings is 3. The van der Waals surface area contributed by atoms with Gasteiger partial charge in [-0.05, 0) is 92.6 Å². The second-order valence-corrected chi connectivity index (χ2v) is 13.7. The summed E-state index contributed by atoms with van der Waals surface area (Å²) in [7, 11) is -3.67. The summed E-state index contributed by atoms with van der Waals surface area (Å²) in [6, 6.07) is 18.9. The molecule has 1 aliphatic rings. The molecule has 1 fully saturated rings. The van der Waals surface area contributed by atoms with E-state index in [1.807, 2.05) is 51.1 Å². The third-order valence-corrected chi connectivity index (χ3v) is 9.68. The predicted octanol–water partition coefficient (Wildman–Crippen LogP) is 5.89. The summed E-state index contributed by atoms with van der Waals surface area (Å²) in [4.78, 5) is 27.2. The van der Waals surface area contributed by atoms with Crippen LogP contribution < -0.4 is 25.8 Å². The van der Waals surface area contributed by atoms with Crippen LogP contribution in [0.15, 0.2) is 77.8 Å². The number of halogens is 3. The van der Waals surface area contributed by atoms with Gasteiger partial charge in [0.1, 0.15) is 11.9 Å². The lowest BCUT2D eigenvalue weighted by molar-refractivity contribution is -0.192. The van der Waals surface area contributed by atoms with E-state index >= 15 is 0 Å². The van der Waals surface area contributed by atoms with Crippen molar-refractivity contribution in [3.63, 3.8) is 0 Å². The van der Waals surface area contributed by atoms with Gasteiger partial charge in [0.25, 0.3) is 0 Å². The van der Waals surface area contributed by atoms with Gasteiger partial charge in [-0.2, -0.15) is 17.5 Å². The Kier molecular flexibility index (Phi) is 12.7. The zero-order chi connectivity index (χ0) is 37.3. The van der Waals surface area contributed by atoms with Crippen molar-refractivity contribution >= 4 is 44.2 Å². The monoisotopic (exact) mass is 731 g/mol. The van der Waals surface area contributed by atoms with Crippen LogP contribution in [-0.4, -0.2) is 66.7 Å². The highest BCUT2D eigenvalue weighted by atomic mass is 32.2. The topological polar surface area (TPSA) is 173 Å². The van der Waals surface area contributed by atoms with Crippen molar-refractivity contribution in [2.75, 3.05) is 30.7 Å². The number of nitrogens with two attached hydrogens (primary N) is 1. The second-order valence-electron chi connectivity index (χ2n) is 11.8.